The molecule has 1 aliphatic rings. The lowest BCUT2D eigenvalue weighted by Gasteiger charge is -2.30. The van der Waals surface area contributed by atoms with E-state index < -0.39 is 0 Å². The van der Waals surface area contributed by atoms with Crippen molar-refractivity contribution in [2.24, 2.45) is 0 Å². The number of carbonyl (C=O) groups excluding carboxylic acids is 1. The summed E-state index contributed by atoms with van der Waals surface area (Å²) in [6.07, 6.45) is -0.338. The molecule has 1 heterocycles. The number of amides is 1. The molecule has 1 saturated heterocycles. The highest BCUT2D eigenvalue weighted by Crippen LogP contribution is 2.04. The molecule has 64 valence electrons. The minimum atomic E-state index is -0.338. The molecule has 0 bridgehead atoms. The Morgan fingerprint density at radius 1 is 1.82 bits per heavy atom. The molecule has 1 atom stereocenters. The van der Waals surface area contributed by atoms with Gasteiger partial charge in [0.1, 0.15) is 6.10 Å². The maximum Gasteiger partial charge on any atom is 0.251 e. The van der Waals surface area contributed by atoms with Crippen molar-refractivity contribution in [3.05, 3.63) is 0 Å². The summed E-state index contributed by atoms with van der Waals surface area (Å²) in [5.41, 5.74) is 0. The minimum Gasteiger partial charge on any atom is -0.395 e. The van der Waals surface area contributed by atoms with Gasteiger partial charge in [-0.25, -0.2) is 0 Å². The van der Waals surface area contributed by atoms with Gasteiger partial charge < -0.3 is 14.7 Å². The Kier molecular flexibility index (Phi) is 2.84. The molecular weight excluding hydrogens is 146 g/mol. The van der Waals surface area contributed by atoms with Crippen LogP contribution in [0.1, 0.15) is 6.92 Å². The van der Waals surface area contributed by atoms with Crippen LogP contribution >= 0.6 is 0 Å². The zero-order valence-electron chi connectivity index (χ0n) is 6.62. The van der Waals surface area contributed by atoms with E-state index >= 15 is 0 Å². The second kappa shape index (κ2) is 3.69. The van der Waals surface area contributed by atoms with E-state index in [1.54, 1.807) is 11.8 Å². The average Bonchev–Trinajstić information content (AvgIpc) is 1.99. The number of nitrogens with zero attached hydrogens (tertiary/aromatic N) is 1. The third kappa shape index (κ3) is 1.91. The first-order valence-electron chi connectivity index (χ1n) is 3.77. The summed E-state index contributed by atoms with van der Waals surface area (Å²) in [6.45, 7) is 3.35. The Labute approximate surface area is 65.8 Å². The van der Waals surface area contributed by atoms with Gasteiger partial charge in [0.25, 0.3) is 5.91 Å². The van der Waals surface area contributed by atoms with Crippen molar-refractivity contribution in [1.29, 1.82) is 0 Å². The fourth-order valence-corrected chi connectivity index (χ4v) is 1.12. The first-order chi connectivity index (χ1) is 5.25. The molecule has 0 aromatic carbocycles. The van der Waals surface area contributed by atoms with Gasteiger partial charge in [0, 0.05) is 13.1 Å². The number of aliphatic hydroxyl groups excluding tert-OH is 1. The Balaban J connectivity index is 2.44. The molecular formula is C7H13NO3. The number of β-amino-alcohol motifs (C(OH)–C–C–N with tert-alkyl or cyclic N) is 1. The van der Waals surface area contributed by atoms with Crippen LogP contribution in [-0.4, -0.2) is 48.3 Å². The van der Waals surface area contributed by atoms with Gasteiger partial charge in [-0.15, -0.1) is 0 Å². The van der Waals surface area contributed by atoms with Crippen LogP contribution in [0.5, 0.6) is 0 Å². The van der Waals surface area contributed by atoms with Crippen molar-refractivity contribution in [2.75, 3.05) is 26.3 Å². The molecule has 11 heavy (non-hydrogen) atoms. The maximum absolute atomic E-state index is 11.2. The first kappa shape index (κ1) is 8.49. The second-order valence-electron chi connectivity index (χ2n) is 2.56. The first-order valence-corrected chi connectivity index (χ1v) is 3.77. The lowest BCUT2D eigenvalue weighted by molar-refractivity contribution is -0.151. The third-order valence-electron chi connectivity index (χ3n) is 1.76. The van der Waals surface area contributed by atoms with Gasteiger partial charge in [0.05, 0.1) is 13.2 Å². The fraction of sp³-hybridized carbons (Fsp3) is 0.857. The van der Waals surface area contributed by atoms with Crippen molar-refractivity contribution >= 4 is 5.91 Å². The lowest BCUT2D eigenvalue weighted by Crippen LogP contribution is -2.47. The second-order valence-corrected chi connectivity index (χ2v) is 2.56. The zero-order chi connectivity index (χ0) is 8.27. The predicted molar refractivity (Wildman–Crippen MR) is 39.1 cm³/mol. The van der Waals surface area contributed by atoms with Crippen LogP contribution < -0.4 is 0 Å². The van der Waals surface area contributed by atoms with E-state index in [0.717, 1.165) is 0 Å². The molecule has 0 aromatic rings. The maximum atomic E-state index is 11.2. The standard InChI is InChI=1S/C7H13NO3/c1-6-7(10)8(2-4-9)3-5-11-6/h6,9H,2-5H2,1H3. The summed E-state index contributed by atoms with van der Waals surface area (Å²) >= 11 is 0. The van der Waals surface area contributed by atoms with Crippen LogP contribution in [0, 0.1) is 0 Å². The monoisotopic (exact) mass is 159 g/mol. The Hall–Kier alpha value is -0.610. The van der Waals surface area contributed by atoms with Gasteiger partial charge in [-0.1, -0.05) is 0 Å². The SMILES string of the molecule is CC1OCCN(CCO)C1=O. The minimum absolute atomic E-state index is 0.0229. The van der Waals surface area contributed by atoms with Crippen molar-refractivity contribution < 1.29 is 14.6 Å². The van der Waals surface area contributed by atoms with Crippen LogP contribution in [0.25, 0.3) is 0 Å². The molecule has 0 spiro atoms. The molecule has 0 radical (unpaired) electrons. The summed E-state index contributed by atoms with van der Waals surface area (Å²) < 4.78 is 5.09. The van der Waals surface area contributed by atoms with Crippen LogP contribution in [0.3, 0.4) is 0 Å². The van der Waals surface area contributed by atoms with Gasteiger partial charge in [0.15, 0.2) is 0 Å². The fourth-order valence-electron chi connectivity index (χ4n) is 1.12. The van der Waals surface area contributed by atoms with E-state index in [-0.39, 0.29) is 18.6 Å². The normalized spacial score (nSPS) is 25.8. The number of aliphatic hydroxyl groups is 1. The Morgan fingerprint density at radius 3 is 3.18 bits per heavy atom. The van der Waals surface area contributed by atoms with Crippen molar-refractivity contribution in [2.45, 2.75) is 13.0 Å². The summed E-state index contributed by atoms with van der Waals surface area (Å²) in [6, 6.07) is 0. The highest BCUT2D eigenvalue weighted by atomic mass is 16.5. The van der Waals surface area contributed by atoms with E-state index in [9.17, 15) is 4.79 Å². The van der Waals surface area contributed by atoms with E-state index in [1.165, 1.54) is 0 Å². The highest BCUT2D eigenvalue weighted by molar-refractivity contribution is 5.81. The molecule has 0 aromatic heterocycles. The molecule has 1 aliphatic heterocycles. The van der Waals surface area contributed by atoms with E-state index in [2.05, 4.69) is 0 Å². The van der Waals surface area contributed by atoms with Crippen molar-refractivity contribution in [1.82, 2.24) is 4.90 Å². The average molecular weight is 159 g/mol. The molecule has 4 heteroatoms. The quantitative estimate of drug-likeness (QED) is 0.575. The third-order valence-corrected chi connectivity index (χ3v) is 1.76. The van der Waals surface area contributed by atoms with Gasteiger partial charge in [0.2, 0.25) is 0 Å². The topological polar surface area (TPSA) is 49.8 Å². The number of morpholine rings is 1. The van der Waals surface area contributed by atoms with E-state index in [4.69, 9.17) is 9.84 Å². The van der Waals surface area contributed by atoms with E-state index in [1.807, 2.05) is 0 Å². The number of carbonyl (C=O) groups is 1. The van der Waals surface area contributed by atoms with Crippen LogP contribution in [-0.2, 0) is 9.53 Å². The zero-order valence-corrected chi connectivity index (χ0v) is 6.62. The van der Waals surface area contributed by atoms with Crippen molar-refractivity contribution in [3.8, 4) is 0 Å². The number of hydrogen-bond donors (Lipinski definition) is 1. The number of rotatable bonds is 2. The van der Waals surface area contributed by atoms with Crippen LogP contribution in [0.2, 0.25) is 0 Å². The number of hydrogen-bond acceptors (Lipinski definition) is 3. The highest BCUT2D eigenvalue weighted by Gasteiger charge is 2.24. The van der Waals surface area contributed by atoms with E-state index in [0.29, 0.717) is 19.7 Å². The smallest absolute Gasteiger partial charge is 0.251 e. The predicted octanol–water partition coefficient (Wildman–Crippen LogP) is -0.774. The lowest BCUT2D eigenvalue weighted by atomic mass is 10.3. The van der Waals surface area contributed by atoms with Crippen LogP contribution in [0.15, 0.2) is 0 Å². The Morgan fingerprint density at radius 2 is 2.55 bits per heavy atom. The largest absolute Gasteiger partial charge is 0.395 e. The molecule has 1 unspecified atom stereocenters. The van der Waals surface area contributed by atoms with Gasteiger partial charge >= 0.3 is 0 Å². The molecule has 0 aliphatic carbocycles. The van der Waals surface area contributed by atoms with Gasteiger partial charge in [-0.2, -0.15) is 0 Å². The summed E-state index contributed by atoms with van der Waals surface area (Å²) in [4.78, 5) is 12.8. The Bertz CT molecular complexity index is 147. The molecule has 1 N–H and O–H groups in total. The van der Waals surface area contributed by atoms with Gasteiger partial charge in [-0.3, -0.25) is 4.79 Å². The van der Waals surface area contributed by atoms with Crippen LogP contribution in [0.4, 0.5) is 0 Å². The molecule has 4 nitrogen and oxygen atoms in total. The van der Waals surface area contributed by atoms with Gasteiger partial charge in [-0.05, 0) is 6.92 Å². The number of ether oxygens (including phenoxy) is 1. The molecule has 1 amide bonds. The molecule has 1 fully saturated rings. The van der Waals surface area contributed by atoms with Crippen molar-refractivity contribution in [3.63, 3.8) is 0 Å². The summed E-state index contributed by atoms with van der Waals surface area (Å²) in [5.74, 6) is -0.0229. The summed E-state index contributed by atoms with van der Waals surface area (Å²) in [7, 11) is 0. The molecule has 1 rings (SSSR count). The summed E-state index contributed by atoms with van der Waals surface area (Å²) in [5, 5.41) is 8.59. The molecule has 0 saturated carbocycles.